The smallest absolute Gasteiger partial charge is 0.293 e. The number of hydrogen-bond donors (Lipinski definition) is 2. The van der Waals surface area contributed by atoms with Gasteiger partial charge in [0.25, 0.3) is 5.69 Å². The lowest BCUT2D eigenvalue weighted by atomic mass is 10.1. The molecule has 1 rings (SSSR count). The van der Waals surface area contributed by atoms with E-state index in [4.69, 9.17) is 4.74 Å². The summed E-state index contributed by atoms with van der Waals surface area (Å²) in [6.45, 7) is 6.19. The second-order valence-corrected chi connectivity index (χ2v) is 5.51. The molecule has 7 nitrogen and oxygen atoms in total. The molecule has 0 fully saturated rings. The van der Waals surface area contributed by atoms with Gasteiger partial charge in [-0.15, -0.1) is 0 Å². The summed E-state index contributed by atoms with van der Waals surface area (Å²) < 4.78 is 5.31. The average molecular weight is 310 g/mol. The number of benzene rings is 1. The molecule has 0 bridgehead atoms. The van der Waals surface area contributed by atoms with Gasteiger partial charge in [0.1, 0.15) is 5.69 Å². The van der Waals surface area contributed by atoms with Crippen LogP contribution in [0.15, 0.2) is 18.2 Å². The zero-order valence-electron chi connectivity index (χ0n) is 13.0. The molecule has 1 aromatic rings. The summed E-state index contributed by atoms with van der Waals surface area (Å²) in [5, 5.41) is 23.7. The Balaban J connectivity index is 2.65. The van der Waals surface area contributed by atoms with Crippen LogP contribution in [0.5, 0.6) is 0 Å². The van der Waals surface area contributed by atoms with E-state index in [1.165, 1.54) is 25.1 Å². The highest BCUT2D eigenvalue weighted by atomic mass is 16.6. The van der Waals surface area contributed by atoms with Crippen LogP contribution in [-0.2, 0) is 4.74 Å². The number of aliphatic hydroxyl groups is 1. The fourth-order valence-corrected chi connectivity index (χ4v) is 1.78. The largest absolute Gasteiger partial charge is 0.389 e. The molecule has 0 aliphatic heterocycles. The highest BCUT2D eigenvalue weighted by Crippen LogP contribution is 2.25. The van der Waals surface area contributed by atoms with Gasteiger partial charge < -0.3 is 15.2 Å². The van der Waals surface area contributed by atoms with Crippen molar-refractivity contribution in [3.8, 4) is 0 Å². The Labute approximate surface area is 129 Å². The zero-order chi connectivity index (χ0) is 16.7. The van der Waals surface area contributed by atoms with Crippen molar-refractivity contribution in [2.45, 2.75) is 26.9 Å². The number of nitro groups is 1. The zero-order valence-corrected chi connectivity index (χ0v) is 13.0. The van der Waals surface area contributed by atoms with E-state index in [0.717, 1.165) is 0 Å². The lowest BCUT2D eigenvalue weighted by Gasteiger charge is -2.14. The van der Waals surface area contributed by atoms with E-state index in [2.05, 4.69) is 5.32 Å². The van der Waals surface area contributed by atoms with Crippen molar-refractivity contribution in [1.82, 2.24) is 0 Å². The fourth-order valence-electron chi connectivity index (χ4n) is 1.78. The Morgan fingerprint density at radius 1 is 1.41 bits per heavy atom. The number of nitrogens with zero attached hydrogens (tertiary/aromatic N) is 1. The number of ether oxygens (including phenoxy) is 1. The highest BCUT2D eigenvalue weighted by molar-refractivity contribution is 5.95. The predicted octanol–water partition coefficient (Wildman–Crippen LogP) is 2.24. The fraction of sp³-hybridized carbons (Fsp3) is 0.533. The molecule has 2 N–H and O–H groups in total. The summed E-state index contributed by atoms with van der Waals surface area (Å²) in [6.07, 6.45) is -0.772. The maximum atomic E-state index is 11.3. The normalized spacial score (nSPS) is 12.2. The second kappa shape index (κ2) is 8.45. The number of anilines is 1. The number of rotatable bonds is 9. The summed E-state index contributed by atoms with van der Waals surface area (Å²) in [6, 6.07) is 4.21. The highest BCUT2D eigenvalue weighted by Gasteiger charge is 2.17. The molecule has 1 aromatic carbocycles. The molecule has 0 aromatic heterocycles. The number of aliphatic hydroxyl groups excluding tert-OH is 1. The Bertz CT molecular complexity index is 531. The number of carbonyl (C=O) groups excluding carboxylic acids is 1. The summed E-state index contributed by atoms with van der Waals surface area (Å²) in [4.78, 5) is 21.8. The van der Waals surface area contributed by atoms with E-state index in [1.54, 1.807) is 0 Å². The SMILES string of the molecule is CC(=O)c1ccc(NCC(O)COCC(C)C)c([N+](=O)[O-])c1. The Hall–Kier alpha value is -1.99. The molecule has 0 heterocycles. The lowest BCUT2D eigenvalue weighted by molar-refractivity contribution is -0.384. The first kappa shape index (κ1) is 18.1. The van der Waals surface area contributed by atoms with Crippen molar-refractivity contribution >= 4 is 17.2 Å². The first-order chi connectivity index (χ1) is 10.3. The van der Waals surface area contributed by atoms with E-state index in [1.807, 2.05) is 13.8 Å². The number of Topliss-reactive ketones (excluding diaryl/α,β-unsaturated/α-hetero) is 1. The number of nitro benzene ring substituents is 1. The Morgan fingerprint density at radius 3 is 2.64 bits per heavy atom. The van der Waals surface area contributed by atoms with Crippen LogP contribution in [0.25, 0.3) is 0 Å². The minimum atomic E-state index is -0.772. The number of nitrogens with one attached hydrogen (secondary N) is 1. The predicted molar refractivity (Wildman–Crippen MR) is 83.3 cm³/mol. The Morgan fingerprint density at radius 2 is 2.09 bits per heavy atom. The van der Waals surface area contributed by atoms with E-state index in [0.29, 0.717) is 12.5 Å². The summed E-state index contributed by atoms with van der Waals surface area (Å²) in [5.74, 6) is 0.136. The minimum Gasteiger partial charge on any atom is -0.389 e. The molecule has 7 heteroatoms. The van der Waals surface area contributed by atoms with Crippen molar-refractivity contribution in [2.75, 3.05) is 25.1 Å². The van der Waals surface area contributed by atoms with Crippen molar-refractivity contribution in [1.29, 1.82) is 0 Å². The Kier molecular flexibility index (Phi) is 6.94. The van der Waals surface area contributed by atoms with Gasteiger partial charge >= 0.3 is 0 Å². The van der Waals surface area contributed by atoms with Gasteiger partial charge in [-0.1, -0.05) is 13.8 Å². The van der Waals surface area contributed by atoms with Gasteiger partial charge in [0.05, 0.1) is 17.6 Å². The van der Waals surface area contributed by atoms with Crippen molar-refractivity contribution in [3.63, 3.8) is 0 Å². The molecule has 22 heavy (non-hydrogen) atoms. The van der Waals surface area contributed by atoms with Crippen LogP contribution in [0, 0.1) is 16.0 Å². The van der Waals surface area contributed by atoms with Crippen LogP contribution in [-0.4, -0.2) is 41.7 Å². The molecule has 0 radical (unpaired) electrons. The standard InChI is InChI=1S/C15H22N2O5/c1-10(2)8-22-9-13(19)7-16-14-5-4-12(11(3)18)6-15(14)17(20)21/h4-6,10,13,16,19H,7-9H2,1-3H3. The second-order valence-electron chi connectivity index (χ2n) is 5.51. The van der Waals surface area contributed by atoms with E-state index in [9.17, 15) is 20.0 Å². The van der Waals surface area contributed by atoms with Crippen LogP contribution in [0.4, 0.5) is 11.4 Å². The summed E-state index contributed by atoms with van der Waals surface area (Å²) in [5.41, 5.74) is 0.346. The van der Waals surface area contributed by atoms with E-state index < -0.39 is 11.0 Å². The van der Waals surface area contributed by atoms with Crippen LogP contribution >= 0.6 is 0 Å². The first-order valence-corrected chi connectivity index (χ1v) is 7.10. The number of hydrogen-bond acceptors (Lipinski definition) is 6. The third kappa shape index (κ3) is 5.79. The van der Waals surface area contributed by atoms with Gasteiger partial charge in [0.2, 0.25) is 0 Å². The quantitative estimate of drug-likeness (QED) is 0.412. The van der Waals surface area contributed by atoms with Gasteiger partial charge in [-0.2, -0.15) is 0 Å². The molecule has 0 saturated heterocycles. The molecular formula is C15H22N2O5. The third-order valence-electron chi connectivity index (χ3n) is 2.89. The van der Waals surface area contributed by atoms with Gasteiger partial charge in [-0.3, -0.25) is 14.9 Å². The third-order valence-corrected chi connectivity index (χ3v) is 2.89. The maximum Gasteiger partial charge on any atom is 0.293 e. The summed E-state index contributed by atoms with van der Waals surface area (Å²) >= 11 is 0. The van der Waals surface area contributed by atoms with Crippen molar-refractivity contribution < 1.29 is 19.6 Å². The molecule has 1 atom stereocenters. The van der Waals surface area contributed by atoms with Crippen LogP contribution < -0.4 is 5.32 Å². The lowest BCUT2D eigenvalue weighted by Crippen LogP contribution is -2.26. The minimum absolute atomic E-state index is 0.123. The maximum absolute atomic E-state index is 11.3. The van der Waals surface area contributed by atoms with Gasteiger partial charge in [-0.25, -0.2) is 0 Å². The number of ketones is 1. The molecule has 1 unspecified atom stereocenters. The van der Waals surface area contributed by atoms with Gasteiger partial charge in [0.15, 0.2) is 5.78 Å². The van der Waals surface area contributed by atoms with Crippen LogP contribution in [0.3, 0.4) is 0 Å². The number of carbonyl (C=O) groups is 1. The summed E-state index contributed by atoms with van der Waals surface area (Å²) in [7, 11) is 0. The average Bonchev–Trinajstić information content (AvgIpc) is 2.44. The molecule has 0 saturated carbocycles. The van der Waals surface area contributed by atoms with Gasteiger partial charge in [-0.05, 0) is 25.0 Å². The molecule has 0 spiro atoms. The van der Waals surface area contributed by atoms with Crippen LogP contribution in [0.2, 0.25) is 0 Å². The topological polar surface area (TPSA) is 102 Å². The first-order valence-electron chi connectivity index (χ1n) is 7.10. The van der Waals surface area contributed by atoms with E-state index in [-0.39, 0.29) is 35.9 Å². The van der Waals surface area contributed by atoms with Gasteiger partial charge in [0, 0.05) is 24.8 Å². The van der Waals surface area contributed by atoms with Crippen LogP contribution in [0.1, 0.15) is 31.1 Å². The molecule has 0 aliphatic rings. The van der Waals surface area contributed by atoms with Crippen molar-refractivity contribution in [2.24, 2.45) is 5.92 Å². The van der Waals surface area contributed by atoms with E-state index >= 15 is 0 Å². The molecule has 122 valence electrons. The molecular weight excluding hydrogens is 288 g/mol. The van der Waals surface area contributed by atoms with Crippen molar-refractivity contribution in [3.05, 3.63) is 33.9 Å². The molecule has 0 aliphatic carbocycles. The monoisotopic (exact) mass is 310 g/mol. The molecule has 0 amide bonds.